The van der Waals surface area contributed by atoms with E-state index in [9.17, 15) is 15.0 Å². The molecule has 116 valence electrons. The highest BCUT2D eigenvalue weighted by Crippen LogP contribution is 2.37. The number of urea groups is 1. The first-order valence-corrected chi connectivity index (χ1v) is 7.63. The maximum absolute atomic E-state index is 12.1. The largest absolute Gasteiger partial charge is 0.504 e. The van der Waals surface area contributed by atoms with E-state index in [0.717, 1.165) is 0 Å². The predicted molar refractivity (Wildman–Crippen MR) is 82.3 cm³/mol. The van der Waals surface area contributed by atoms with Gasteiger partial charge in [0, 0.05) is 24.0 Å². The molecule has 8 heteroatoms. The second-order valence-electron chi connectivity index (χ2n) is 4.74. The van der Waals surface area contributed by atoms with E-state index in [1.165, 1.54) is 17.4 Å². The Morgan fingerprint density at radius 1 is 1.32 bits per heavy atom. The molecule has 0 radical (unpaired) electrons. The van der Waals surface area contributed by atoms with E-state index in [4.69, 9.17) is 4.74 Å². The lowest BCUT2D eigenvalue weighted by Crippen LogP contribution is -2.43. The Bertz CT molecular complexity index is 682. The summed E-state index contributed by atoms with van der Waals surface area (Å²) in [6.45, 7) is 2.18. The Hall–Kier alpha value is -2.32. The Morgan fingerprint density at radius 3 is 2.86 bits per heavy atom. The number of carbonyl (C=O) groups is 1. The number of para-hydroxylation sites is 1. The number of hydrogen-bond acceptors (Lipinski definition) is 6. The molecular weight excluding hydrogens is 306 g/mol. The van der Waals surface area contributed by atoms with Crippen LogP contribution in [0.25, 0.3) is 11.3 Å². The highest BCUT2D eigenvalue weighted by Gasteiger charge is 2.18. The summed E-state index contributed by atoms with van der Waals surface area (Å²) < 4.78 is 5.20. The van der Waals surface area contributed by atoms with Gasteiger partial charge in [-0.1, -0.05) is 6.07 Å². The third-order valence-electron chi connectivity index (χ3n) is 3.31. The van der Waals surface area contributed by atoms with Gasteiger partial charge in [-0.05, 0) is 12.1 Å². The first-order chi connectivity index (χ1) is 10.6. The van der Waals surface area contributed by atoms with Crippen molar-refractivity contribution >= 4 is 22.5 Å². The van der Waals surface area contributed by atoms with Crippen LogP contribution in [0, 0.1) is 0 Å². The smallest absolute Gasteiger partial charge is 0.323 e. The van der Waals surface area contributed by atoms with Crippen LogP contribution in [0.5, 0.6) is 11.5 Å². The topological polar surface area (TPSA) is 94.9 Å². The second-order valence-corrected chi connectivity index (χ2v) is 5.60. The lowest BCUT2D eigenvalue weighted by molar-refractivity contribution is 0.0564. The zero-order chi connectivity index (χ0) is 15.5. The molecule has 1 aliphatic rings. The van der Waals surface area contributed by atoms with Crippen LogP contribution in [0.1, 0.15) is 0 Å². The van der Waals surface area contributed by atoms with E-state index >= 15 is 0 Å². The van der Waals surface area contributed by atoms with Crippen molar-refractivity contribution in [3.8, 4) is 22.8 Å². The number of ether oxygens (including phenoxy) is 1. The molecule has 2 amide bonds. The molecule has 0 aliphatic carbocycles. The van der Waals surface area contributed by atoms with Gasteiger partial charge in [-0.3, -0.25) is 5.32 Å². The van der Waals surface area contributed by atoms with Gasteiger partial charge in [0.05, 0.1) is 18.9 Å². The number of nitrogens with one attached hydrogen (secondary N) is 1. The molecule has 3 N–H and O–H groups in total. The number of amides is 2. The summed E-state index contributed by atoms with van der Waals surface area (Å²) in [5.41, 5.74) is 0.916. The summed E-state index contributed by atoms with van der Waals surface area (Å²) in [6, 6.07) is 4.45. The monoisotopic (exact) mass is 321 g/mol. The highest BCUT2D eigenvalue weighted by atomic mass is 32.1. The molecular formula is C14H15N3O4S. The van der Waals surface area contributed by atoms with E-state index in [2.05, 4.69) is 10.3 Å². The minimum atomic E-state index is -0.223. The second kappa shape index (κ2) is 6.20. The molecule has 0 spiro atoms. The molecule has 0 unspecified atom stereocenters. The zero-order valence-electron chi connectivity index (χ0n) is 11.7. The highest BCUT2D eigenvalue weighted by molar-refractivity contribution is 7.14. The molecule has 0 atom stereocenters. The number of hydrogen-bond donors (Lipinski definition) is 3. The van der Waals surface area contributed by atoms with Crippen LogP contribution < -0.4 is 5.32 Å². The molecule has 1 saturated heterocycles. The van der Waals surface area contributed by atoms with Gasteiger partial charge in [-0.2, -0.15) is 0 Å². The van der Waals surface area contributed by atoms with E-state index in [1.54, 1.807) is 22.4 Å². The minimum absolute atomic E-state index is 0.204. The van der Waals surface area contributed by atoms with E-state index < -0.39 is 0 Å². The van der Waals surface area contributed by atoms with Gasteiger partial charge in [0.15, 0.2) is 16.6 Å². The number of phenolic OH excluding ortho intramolecular Hbond substituents is 2. The number of nitrogens with zero attached hydrogens (tertiary/aromatic N) is 2. The zero-order valence-corrected chi connectivity index (χ0v) is 12.5. The normalized spacial score (nSPS) is 14.8. The van der Waals surface area contributed by atoms with Crippen molar-refractivity contribution < 1.29 is 19.7 Å². The summed E-state index contributed by atoms with van der Waals surface area (Å²) in [5.74, 6) is -0.428. The summed E-state index contributed by atoms with van der Waals surface area (Å²) >= 11 is 1.26. The summed E-state index contributed by atoms with van der Waals surface area (Å²) in [7, 11) is 0. The molecule has 1 aromatic carbocycles. The molecule has 2 aromatic rings. The fraction of sp³-hybridized carbons (Fsp3) is 0.286. The average molecular weight is 321 g/mol. The Morgan fingerprint density at radius 2 is 2.09 bits per heavy atom. The van der Waals surface area contributed by atoms with Crippen LogP contribution in [-0.2, 0) is 4.74 Å². The minimum Gasteiger partial charge on any atom is -0.504 e. The average Bonchev–Trinajstić information content (AvgIpc) is 2.99. The van der Waals surface area contributed by atoms with Gasteiger partial charge in [0.2, 0.25) is 0 Å². The van der Waals surface area contributed by atoms with Crippen molar-refractivity contribution in [3.05, 3.63) is 23.6 Å². The number of phenols is 2. The van der Waals surface area contributed by atoms with Crippen molar-refractivity contribution in [1.82, 2.24) is 9.88 Å². The van der Waals surface area contributed by atoms with Gasteiger partial charge in [0.1, 0.15) is 0 Å². The first-order valence-electron chi connectivity index (χ1n) is 6.75. The van der Waals surface area contributed by atoms with Gasteiger partial charge < -0.3 is 19.8 Å². The Kier molecular flexibility index (Phi) is 4.12. The molecule has 1 aliphatic heterocycles. The fourth-order valence-electron chi connectivity index (χ4n) is 2.13. The summed E-state index contributed by atoms with van der Waals surface area (Å²) in [6.07, 6.45) is 0. The molecule has 1 aromatic heterocycles. The van der Waals surface area contributed by atoms with Gasteiger partial charge >= 0.3 is 6.03 Å². The lowest BCUT2D eigenvalue weighted by Gasteiger charge is -2.26. The third kappa shape index (κ3) is 2.97. The maximum atomic E-state index is 12.1. The number of anilines is 1. The lowest BCUT2D eigenvalue weighted by atomic mass is 10.1. The number of thiazole rings is 1. The number of carbonyl (C=O) groups excluding carboxylic acids is 1. The fourth-order valence-corrected chi connectivity index (χ4v) is 2.83. The van der Waals surface area contributed by atoms with Crippen molar-refractivity contribution in [3.63, 3.8) is 0 Å². The predicted octanol–water partition coefficient (Wildman–Crippen LogP) is 2.09. The van der Waals surface area contributed by atoms with Gasteiger partial charge in [-0.25, -0.2) is 9.78 Å². The molecule has 1 fully saturated rings. The number of benzene rings is 1. The third-order valence-corrected chi connectivity index (χ3v) is 4.06. The maximum Gasteiger partial charge on any atom is 0.323 e. The first kappa shape index (κ1) is 14.6. The number of aromatic hydroxyl groups is 2. The summed E-state index contributed by atoms with van der Waals surface area (Å²) in [5, 5.41) is 24.3. The Labute approximate surface area is 130 Å². The number of morpholine rings is 1. The van der Waals surface area contributed by atoms with E-state index in [-0.39, 0.29) is 17.5 Å². The van der Waals surface area contributed by atoms with Crippen LogP contribution in [0.3, 0.4) is 0 Å². The summed E-state index contributed by atoms with van der Waals surface area (Å²) in [4.78, 5) is 18.0. The molecule has 22 heavy (non-hydrogen) atoms. The quantitative estimate of drug-likeness (QED) is 0.736. The molecule has 3 rings (SSSR count). The van der Waals surface area contributed by atoms with Gasteiger partial charge in [0.25, 0.3) is 0 Å². The SMILES string of the molecule is O=C(Nc1nc(-c2cccc(O)c2O)cs1)N1CCOCC1. The molecule has 0 bridgehead atoms. The van der Waals surface area contributed by atoms with Crippen LogP contribution in [-0.4, -0.2) is 52.4 Å². The Balaban J connectivity index is 1.73. The standard InChI is InChI=1S/C14H15N3O4S/c18-11-3-1-2-9(12(11)19)10-8-22-13(15-10)16-14(20)17-4-6-21-7-5-17/h1-3,8,18-19H,4-7H2,(H,15,16,20). The van der Waals surface area contributed by atoms with Crippen LogP contribution in [0.15, 0.2) is 23.6 Å². The molecule has 0 saturated carbocycles. The van der Waals surface area contributed by atoms with E-state index in [0.29, 0.717) is 42.7 Å². The molecule has 7 nitrogen and oxygen atoms in total. The van der Waals surface area contributed by atoms with Crippen molar-refractivity contribution in [2.75, 3.05) is 31.6 Å². The van der Waals surface area contributed by atoms with Crippen molar-refractivity contribution in [2.45, 2.75) is 0 Å². The van der Waals surface area contributed by atoms with Crippen LogP contribution in [0.4, 0.5) is 9.93 Å². The number of rotatable bonds is 2. The van der Waals surface area contributed by atoms with Crippen LogP contribution >= 0.6 is 11.3 Å². The van der Waals surface area contributed by atoms with Gasteiger partial charge in [-0.15, -0.1) is 11.3 Å². The van der Waals surface area contributed by atoms with Crippen molar-refractivity contribution in [1.29, 1.82) is 0 Å². The number of aromatic nitrogens is 1. The van der Waals surface area contributed by atoms with Crippen molar-refractivity contribution in [2.24, 2.45) is 0 Å². The van der Waals surface area contributed by atoms with E-state index in [1.807, 2.05) is 0 Å². The van der Waals surface area contributed by atoms with Crippen LogP contribution in [0.2, 0.25) is 0 Å². The molecule has 2 heterocycles.